The molecule has 30 heavy (non-hydrogen) atoms. The molecule has 0 bridgehead atoms. The summed E-state index contributed by atoms with van der Waals surface area (Å²) >= 11 is 5.60. The van der Waals surface area contributed by atoms with E-state index in [9.17, 15) is 9.90 Å². The Morgan fingerprint density at radius 1 is 1.17 bits per heavy atom. The largest absolute Gasteiger partial charge is 0.497 e. The van der Waals surface area contributed by atoms with Gasteiger partial charge >= 0.3 is 0 Å². The molecular formula is C23H27N3O3S. The number of aliphatic hydroxyl groups excluding tert-OH is 1. The molecule has 7 heteroatoms. The summed E-state index contributed by atoms with van der Waals surface area (Å²) in [5.41, 5.74) is 4.46. The van der Waals surface area contributed by atoms with E-state index < -0.39 is 0 Å². The number of anilines is 1. The molecule has 3 aromatic rings. The van der Waals surface area contributed by atoms with E-state index in [1.54, 1.807) is 7.11 Å². The summed E-state index contributed by atoms with van der Waals surface area (Å²) in [6, 6.07) is 13.4. The van der Waals surface area contributed by atoms with E-state index in [-0.39, 0.29) is 12.2 Å². The van der Waals surface area contributed by atoms with Gasteiger partial charge in [0.15, 0.2) is 5.11 Å². The smallest absolute Gasteiger partial charge is 0.253 e. The van der Waals surface area contributed by atoms with Crippen molar-refractivity contribution in [1.29, 1.82) is 0 Å². The Bertz CT molecular complexity index is 1090. The lowest BCUT2D eigenvalue weighted by molar-refractivity contribution is 0.266. The topological polar surface area (TPSA) is 77.6 Å². The molecule has 0 spiro atoms. The Labute approximate surface area is 181 Å². The number of H-pyrrole nitrogens is 1. The third-order valence-corrected chi connectivity index (χ3v) is 5.47. The van der Waals surface area contributed by atoms with Gasteiger partial charge in [0.1, 0.15) is 5.75 Å². The van der Waals surface area contributed by atoms with Crippen LogP contribution < -0.4 is 15.6 Å². The van der Waals surface area contributed by atoms with Gasteiger partial charge in [-0.1, -0.05) is 0 Å². The van der Waals surface area contributed by atoms with Crippen molar-refractivity contribution < 1.29 is 9.84 Å². The Morgan fingerprint density at radius 3 is 2.53 bits per heavy atom. The maximum atomic E-state index is 12.7. The highest BCUT2D eigenvalue weighted by atomic mass is 32.1. The third kappa shape index (κ3) is 5.17. The Hall–Kier alpha value is -2.90. The number of pyridine rings is 1. The number of hydrogen-bond acceptors (Lipinski definition) is 4. The van der Waals surface area contributed by atoms with E-state index >= 15 is 0 Å². The maximum Gasteiger partial charge on any atom is 0.253 e. The number of aryl methyl sites for hydroxylation is 2. The van der Waals surface area contributed by atoms with Crippen LogP contribution in [0.2, 0.25) is 0 Å². The number of ether oxygens (including phenoxy) is 1. The maximum absolute atomic E-state index is 12.7. The van der Waals surface area contributed by atoms with Crippen molar-refractivity contribution in [1.82, 2.24) is 9.88 Å². The minimum atomic E-state index is -0.132. The number of aliphatic hydroxyl groups is 1. The van der Waals surface area contributed by atoms with Gasteiger partial charge in [-0.2, -0.15) is 0 Å². The average molecular weight is 426 g/mol. The second kappa shape index (κ2) is 9.73. The van der Waals surface area contributed by atoms with E-state index in [0.29, 0.717) is 30.2 Å². The summed E-state index contributed by atoms with van der Waals surface area (Å²) in [7, 11) is 1.62. The van der Waals surface area contributed by atoms with Gasteiger partial charge in [0, 0.05) is 29.9 Å². The van der Waals surface area contributed by atoms with E-state index in [0.717, 1.165) is 27.9 Å². The molecule has 1 aromatic heterocycles. The van der Waals surface area contributed by atoms with Crippen LogP contribution in [0.15, 0.2) is 47.3 Å². The second-order valence-electron chi connectivity index (χ2n) is 7.30. The van der Waals surface area contributed by atoms with Crippen LogP contribution in [0.3, 0.4) is 0 Å². The zero-order chi connectivity index (χ0) is 21.7. The molecule has 0 fully saturated rings. The summed E-state index contributed by atoms with van der Waals surface area (Å²) in [5, 5.41) is 14.0. The van der Waals surface area contributed by atoms with Crippen LogP contribution in [0.1, 0.15) is 23.1 Å². The lowest BCUT2D eigenvalue weighted by Gasteiger charge is -2.25. The van der Waals surface area contributed by atoms with Gasteiger partial charge in [-0.25, -0.2) is 0 Å². The first-order valence-electron chi connectivity index (χ1n) is 9.85. The molecule has 0 saturated carbocycles. The molecule has 0 aliphatic rings. The van der Waals surface area contributed by atoms with Crippen LogP contribution >= 0.6 is 12.2 Å². The standard InChI is InChI=1S/C23H27N3O3S/c1-15-11-17-13-18(22(28)25-21(17)12-16(15)2)14-26(9-4-10-27)23(30)24-19-5-7-20(29-3)8-6-19/h5-8,11-13,27H,4,9-10,14H2,1-3H3,(H,24,30)(H,25,28). The third-order valence-electron chi connectivity index (χ3n) is 5.11. The zero-order valence-corrected chi connectivity index (χ0v) is 18.3. The first-order valence-corrected chi connectivity index (χ1v) is 10.3. The normalized spacial score (nSPS) is 10.8. The summed E-state index contributed by atoms with van der Waals surface area (Å²) in [6.07, 6.45) is 0.550. The predicted molar refractivity (Wildman–Crippen MR) is 125 cm³/mol. The lowest BCUT2D eigenvalue weighted by Crippen LogP contribution is -2.37. The molecule has 2 aromatic carbocycles. The van der Waals surface area contributed by atoms with E-state index in [1.807, 2.05) is 48.2 Å². The summed E-state index contributed by atoms with van der Waals surface area (Å²) < 4.78 is 5.18. The number of thiocarbonyl (C=S) groups is 1. The van der Waals surface area contributed by atoms with Gasteiger partial charge in [-0.05, 0) is 91.5 Å². The lowest BCUT2D eigenvalue weighted by atomic mass is 10.0. The monoisotopic (exact) mass is 425 g/mol. The van der Waals surface area contributed by atoms with Crippen molar-refractivity contribution in [2.75, 3.05) is 25.6 Å². The van der Waals surface area contributed by atoms with E-state index in [1.165, 1.54) is 5.56 Å². The van der Waals surface area contributed by atoms with Crippen molar-refractivity contribution in [2.45, 2.75) is 26.8 Å². The molecular weight excluding hydrogens is 398 g/mol. The van der Waals surface area contributed by atoms with Crippen LogP contribution in [0.25, 0.3) is 10.9 Å². The number of aromatic nitrogens is 1. The molecule has 0 saturated heterocycles. The molecule has 3 rings (SSSR count). The van der Waals surface area contributed by atoms with Gasteiger partial charge in [-0.15, -0.1) is 0 Å². The Balaban J connectivity index is 1.84. The van der Waals surface area contributed by atoms with Crippen molar-refractivity contribution in [3.05, 3.63) is 69.5 Å². The highest BCUT2D eigenvalue weighted by Gasteiger charge is 2.14. The number of aromatic amines is 1. The average Bonchev–Trinajstić information content (AvgIpc) is 2.73. The van der Waals surface area contributed by atoms with Gasteiger partial charge in [0.2, 0.25) is 0 Å². The predicted octanol–water partition coefficient (Wildman–Crippen LogP) is 3.73. The first-order chi connectivity index (χ1) is 14.4. The molecule has 0 aliphatic heterocycles. The number of methoxy groups -OCH3 is 1. The molecule has 158 valence electrons. The van der Waals surface area contributed by atoms with Crippen LogP contribution in [-0.4, -0.2) is 40.4 Å². The van der Waals surface area contributed by atoms with Crippen LogP contribution in [0, 0.1) is 13.8 Å². The summed E-state index contributed by atoms with van der Waals surface area (Å²) in [6.45, 7) is 5.01. The highest BCUT2D eigenvalue weighted by Crippen LogP contribution is 2.19. The zero-order valence-electron chi connectivity index (χ0n) is 17.5. The SMILES string of the molecule is COc1ccc(NC(=S)N(CCCO)Cc2cc3cc(C)c(C)cc3[nH]c2=O)cc1. The number of nitrogens with zero attached hydrogens (tertiary/aromatic N) is 1. The molecule has 0 amide bonds. The molecule has 1 heterocycles. The fourth-order valence-electron chi connectivity index (χ4n) is 3.24. The number of benzene rings is 2. The van der Waals surface area contributed by atoms with Crippen molar-refractivity contribution in [3.8, 4) is 5.75 Å². The van der Waals surface area contributed by atoms with E-state index in [2.05, 4.69) is 23.3 Å². The fourth-order valence-corrected chi connectivity index (χ4v) is 3.51. The number of nitrogens with one attached hydrogen (secondary N) is 2. The fraction of sp³-hybridized carbons (Fsp3) is 0.304. The summed E-state index contributed by atoms with van der Waals surface area (Å²) in [5.74, 6) is 0.761. The number of hydrogen-bond donors (Lipinski definition) is 3. The second-order valence-corrected chi connectivity index (χ2v) is 7.69. The van der Waals surface area contributed by atoms with Gasteiger partial charge in [0.25, 0.3) is 5.56 Å². The Kier molecular flexibility index (Phi) is 7.07. The summed E-state index contributed by atoms with van der Waals surface area (Å²) in [4.78, 5) is 17.6. The van der Waals surface area contributed by atoms with Crippen molar-refractivity contribution in [3.63, 3.8) is 0 Å². The van der Waals surface area contributed by atoms with Gasteiger partial charge in [-0.3, -0.25) is 4.79 Å². The van der Waals surface area contributed by atoms with Crippen molar-refractivity contribution in [2.24, 2.45) is 0 Å². The minimum Gasteiger partial charge on any atom is -0.497 e. The molecule has 0 radical (unpaired) electrons. The van der Waals surface area contributed by atoms with E-state index in [4.69, 9.17) is 17.0 Å². The number of rotatable bonds is 7. The number of fused-ring (bicyclic) bond motifs is 1. The minimum absolute atomic E-state index is 0.0498. The first kappa shape index (κ1) is 21.8. The molecule has 0 aliphatic carbocycles. The Morgan fingerprint density at radius 2 is 1.87 bits per heavy atom. The molecule has 6 nitrogen and oxygen atoms in total. The van der Waals surface area contributed by atoms with Crippen molar-refractivity contribution >= 4 is 33.9 Å². The van der Waals surface area contributed by atoms with Crippen LogP contribution in [0.4, 0.5) is 5.69 Å². The quantitative estimate of drug-likeness (QED) is 0.501. The van der Waals surface area contributed by atoms with Gasteiger partial charge in [0.05, 0.1) is 13.7 Å². The highest BCUT2D eigenvalue weighted by molar-refractivity contribution is 7.80. The molecule has 0 unspecified atom stereocenters. The molecule has 3 N–H and O–H groups in total. The van der Waals surface area contributed by atoms with Crippen LogP contribution in [-0.2, 0) is 6.54 Å². The van der Waals surface area contributed by atoms with Gasteiger partial charge < -0.3 is 25.0 Å². The molecule has 0 atom stereocenters. The van der Waals surface area contributed by atoms with Crippen LogP contribution in [0.5, 0.6) is 5.75 Å².